The van der Waals surface area contributed by atoms with Gasteiger partial charge in [0, 0.05) is 28.0 Å². The fraction of sp³-hybridized carbons (Fsp3) is 0.294. The standard InChI is InChI=1S/C17H13ClN2S4/c18-12-3-1-11(2-4-12)15(13(9-19)16-21-5-6-22-16)14(10-20)17-23-7-8-24-17/h1-4,15H,5-8H2. The quantitative estimate of drug-likeness (QED) is 0.584. The van der Waals surface area contributed by atoms with E-state index < -0.39 is 0 Å². The number of halogens is 1. The third kappa shape index (κ3) is 3.95. The molecule has 1 aromatic rings. The van der Waals surface area contributed by atoms with Gasteiger partial charge in [-0.3, -0.25) is 0 Å². The Bertz CT molecular complexity index is 711. The molecular weight excluding hydrogens is 396 g/mol. The molecule has 2 nitrogen and oxygen atoms in total. The van der Waals surface area contributed by atoms with Crippen molar-refractivity contribution in [3.05, 3.63) is 54.5 Å². The summed E-state index contributed by atoms with van der Waals surface area (Å²) >= 11 is 12.9. The molecule has 2 aliphatic rings. The highest BCUT2D eigenvalue weighted by Crippen LogP contribution is 2.48. The average Bonchev–Trinajstić information content (AvgIpc) is 3.30. The normalized spacial score (nSPS) is 17.0. The molecule has 0 N–H and O–H groups in total. The van der Waals surface area contributed by atoms with E-state index in [1.807, 2.05) is 24.3 Å². The number of rotatable bonds is 3. The summed E-state index contributed by atoms with van der Waals surface area (Å²) in [5, 5.41) is 20.4. The lowest BCUT2D eigenvalue weighted by atomic mass is 9.87. The third-order valence-electron chi connectivity index (χ3n) is 3.56. The van der Waals surface area contributed by atoms with Gasteiger partial charge in [-0.15, -0.1) is 47.0 Å². The molecule has 1 aromatic carbocycles. The molecule has 3 rings (SSSR count). The van der Waals surface area contributed by atoms with Gasteiger partial charge in [0.2, 0.25) is 0 Å². The van der Waals surface area contributed by atoms with Gasteiger partial charge in [0.05, 0.1) is 37.7 Å². The predicted molar refractivity (Wildman–Crippen MR) is 109 cm³/mol. The molecule has 0 saturated carbocycles. The molecule has 0 unspecified atom stereocenters. The minimum Gasteiger partial charge on any atom is -0.193 e. The lowest BCUT2D eigenvalue weighted by Gasteiger charge is -2.19. The summed E-state index contributed by atoms with van der Waals surface area (Å²) in [4.78, 5) is 0. The maximum absolute atomic E-state index is 9.85. The molecule has 0 spiro atoms. The number of thioether (sulfide) groups is 4. The molecule has 2 aliphatic heterocycles. The summed E-state index contributed by atoms with van der Waals surface area (Å²) in [6.45, 7) is 0. The van der Waals surface area contributed by atoms with Crippen LogP contribution >= 0.6 is 58.6 Å². The van der Waals surface area contributed by atoms with Crippen LogP contribution in [-0.2, 0) is 0 Å². The van der Waals surface area contributed by atoms with E-state index in [0.717, 1.165) is 37.0 Å². The summed E-state index contributed by atoms with van der Waals surface area (Å²) in [6.07, 6.45) is 0. The highest BCUT2D eigenvalue weighted by molar-refractivity contribution is 8.25. The lowest BCUT2D eigenvalue weighted by molar-refractivity contribution is 0.987. The van der Waals surface area contributed by atoms with Crippen molar-refractivity contribution in [1.82, 2.24) is 0 Å². The molecule has 2 heterocycles. The van der Waals surface area contributed by atoms with Gasteiger partial charge in [-0.05, 0) is 17.7 Å². The monoisotopic (exact) mass is 408 g/mol. The Morgan fingerprint density at radius 1 is 0.833 bits per heavy atom. The maximum Gasteiger partial charge on any atom is 0.0974 e. The molecular formula is C17H13ClN2S4. The van der Waals surface area contributed by atoms with Crippen molar-refractivity contribution in [2.45, 2.75) is 5.92 Å². The van der Waals surface area contributed by atoms with Crippen LogP contribution in [0.2, 0.25) is 5.02 Å². The van der Waals surface area contributed by atoms with Gasteiger partial charge >= 0.3 is 0 Å². The minimum absolute atomic E-state index is 0.307. The molecule has 2 saturated heterocycles. The molecule has 0 atom stereocenters. The highest BCUT2D eigenvalue weighted by Gasteiger charge is 2.30. The third-order valence-corrected chi connectivity index (χ3v) is 9.31. The Balaban J connectivity index is 2.16. The van der Waals surface area contributed by atoms with Crippen LogP contribution < -0.4 is 0 Å². The molecule has 0 bridgehead atoms. The Kier molecular flexibility index (Phi) is 6.55. The number of nitrogens with zero attached hydrogens (tertiary/aromatic N) is 2. The van der Waals surface area contributed by atoms with Crippen LogP contribution in [0.3, 0.4) is 0 Å². The van der Waals surface area contributed by atoms with E-state index in [4.69, 9.17) is 11.6 Å². The zero-order valence-corrected chi connectivity index (χ0v) is 16.6. The first-order valence-electron chi connectivity index (χ1n) is 7.29. The lowest BCUT2D eigenvalue weighted by Crippen LogP contribution is -2.06. The van der Waals surface area contributed by atoms with Crippen LogP contribution in [0.1, 0.15) is 11.5 Å². The van der Waals surface area contributed by atoms with Gasteiger partial charge in [-0.25, -0.2) is 0 Å². The average molecular weight is 409 g/mol. The van der Waals surface area contributed by atoms with Gasteiger partial charge in [0.1, 0.15) is 0 Å². The van der Waals surface area contributed by atoms with E-state index in [1.165, 1.54) is 0 Å². The number of hydrogen-bond acceptors (Lipinski definition) is 6. The SMILES string of the molecule is N#CC(=C1SCCS1)C(C(C#N)=C1SCCS1)c1ccc(Cl)cc1. The molecule has 2 fully saturated rings. The van der Waals surface area contributed by atoms with Gasteiger partial charge in [-0.1, -0.05) is 23.7 Å². The second kappa shape index (κ2) is 8.65. The molecule has 122 valence electrons. The van der Waals surface area contributed by atoms with Crippen molar-refractivity contribution >= 4 is 58.6 Å². The summed E-state index contributed by atoms with van der Waals surface area (Å²) in [6, 6.07) is 12.3. The van der Waals surface area contributed by atoms with Gasteiger partial charge in [0.25, 0.3) is 0 Å². The van der Waals surface area contributed by atoms with E-state index in [2.05, 4.69) is 12.1 Å². The van der Waals surface area contributed by atoms with E-state index >= 15 is 0 Å². The fourth-order valence-electron chi connectivity index (χ4n) is 2.52. The number of allylic oxidation sites excluding steroid dienone is 2. The maximum atomic E-state index is 9.85. The minimum atomic E-state index is -0.307. The van der Waals surface area contributed by atoms with E-state index in [9.17, 15) is 10.5 Å². The molecule has 0 radical (unpaired) electrons. The zero-order valence-electron chi connectivity index (χ0n) is 12.6. The van der Waals surface area contributed by atoms with E-state index in [-0.39, 0.29) is 5.92 Å². The summed E-state index contributed by atoms with van der Waals surface area (Å²) in [5.74, 6) is 3.75. The number of nitriles is 2. The van der Waals surface area contributed by atoms with Gasteiger partial charge < -0.3 is 0 Å². The van der Waals surface area contributed by atoms with Crippen molar-refractivity contribution in [2.24, 2.45) is 0 Å². The fourth-order valence-corrected chi connectivity index (χ4v) is 7.66. The second-order valence-electron chi connectivity index (χ2n) is 5.00. The van der Waals surface area contributed by atoms with Crippen molar-refractivity contribution in [2.75, 3.05) is 23.0 Å². The Labute approximate surface area is 164 Å². The first kappa shape index (κ1) is 18.2. The Morgan fingerprint density at radius 2 is 1.25 bits per heavy atom. The van der Waals surface area contributed by atoms with E-state index in [1.54, 1.807) is 47.0 Å². The topological polar surface area (TPSA) is 47.6 Å². The molecule has 24 heavy (non-hydrogen) atoms. The number of hydrogen-bond donors (Lipinski definition) is 0. The first-order valence-corrected chi connectivity index (χ1v) is 11.6. The Morgan fingerprint density at radius 3 is 1.62 bits per heavy atom. The van der Waals surface area contributed by atoms with Crippen molar-refractivity contribution < 1.29 is 0 Å². The summed E-state index contributed by atoms with van der Waals surface area (Å²) in [7, 11) is 0. The Hall–Kier alpha value is -0.630. The van der Waals surface area contributed by atoms with Crippen LogP contribution in [0, 0.1) is 22.7 Å². The van der Waals surface area contributed by atoms with Crippen molar-refractivity contribution in [3.63, 3.8) is 0 Å². The summed E-state index contributed by atoms with van der Waals surface area (Å²) in [5.41, 5.74) is 2.35. The van der Waals surface area contributed by atoms with Crippen LogP contribution in [0.25, 0.3) is 0 Å². The largest absolute Gasteiger partial charge is 0.193 e. The molecule has 0 aliphatic carbocycles. The van der Waals surface area contributed by atoms with Crippen LogP contribution in [-0.4, -0.2) is 23.0 Å². The second-order valence-corrected chi connectivity index (χ2v) is 10.4. The molecule has 7 heteroatoms. The molecule has 0 amide bonds. The van der Waals surface area contributed by atoms with Gasteiger partial charge in [0.15, 0.2) is 0 Å². The van der Waals surface area contributed by atoms with Crippen LogP contribution in [0.15, 0.2) is 43.9 Å². The zero-order chi connectivity index (χ0) is 16.9. The van der Waals surface area contributed by atoms with Crippen molar-refractivity contribution in [3.8, 4) is 12.1 Å². The number of benzene rings is 1. The smallest absolute Gasteiger partial charge is 0.0974 e. The van der Waals surface area contributed by atoms with Crippen LogP contribution in [0.5, 0.6) is 0 Å². The predicted octanol–water partition coefficient (Wildman–Crippen LogP) is 5.85. The van der Waals surface area contributed by atoms with Crippen LogP contribution in [0.4, 0.5) is 0 Å². The van der Waals surface area contributed by atoms with E-state index in [0.29, 0.717) is 16.2 Å². The highest BCUT2D eigenvalue weighted by atomic mass is 35.5. The van der Waals surface area contributed by atoms with Gasteiger partial charge in [-0.2, -0.15) is 10.5 Å². The molecule has 0 aromatic heterocycles. The first-order chi connectivity index (χ1) is 11.7. The summed E-state index contributed by atoms with van der Waals surface area (Å²) < 4.78 is 2.11. The van der Waals surface area contributed by atoms with Crippen molar-refractivity contribution in [1.29, 1.82) is 10.5 Å².